The second-order valence-electron chi connectivity index (χ2n) is 5.95. The maximum absolute atomic E-state index is 12.2. The average Bonchev–Trinajstić information content (AvgIpc) is 2.33. The predicted octanol–water partition coefficient (Wildman–Crippen LogP) is 1.69. The van der Waals surface area contributed by atoms with Gasteiger partial charge in [-0.2, -0.15) is 0 Å². The molecule has 0 amide bonds. The Hall–Kier alpha value is -0.610. The Morgan fingerprint density at radius 1 is 1.28 bits per heavy atom. The van der Waals surface area contributed by atoms with Crippen molar-refractivity contribution in [3.63, 3.8) is 0 Å². The van der Waals surface area contributed by atoms with Crippen molar-refractivity contribution in [1.82, 2.24) is 4.90 Å². The molecular formula is C14H25NO3. The van der Waals surface area contributed by atoms with E-state index in [1.165, 1.54) is 39.2 Å². The molecule has 4 nitrogen and oxygen atoms in total. The Morgan fingerprint density at radius 2 is 1.89 bits per heavy atom. The van der Waals surface area contributed by atoms with Gasteiger partial charge in [0.05, 0.1) is 20.3 Å². The summed E-state index contributed by atoms with van der Waals surface area (Å²) in [6.07, 6.45) is 6.35. The van der Waals surface area contributed by atoms with Crippen LogP contribution in [0.2, 0.25) is 0 Å². The van der Waals surface area contributed by atoms with Crippen molar-refractivity contribution in [2.75, 3.05) is 34.4 Å². The fourth-order valence-corrected chi connectivity index (χ4v) is 3.75. The number of methoxy groups -OCH3 is 1. The van der Waals surface area contributed by atoms with E-state index in [1.54, 1.807) is 0 Å². The van der Waals surface area contributed by atoms with Gasteiger partial charge in [0.25, 0.3) is 0 Å². The molecule has 4 heteroatoms. The van der Waals surface area contributed by atoms with Gasteiger partial charge in [-0.05, 0) is 32.9 Å². The molecule has 1 saturated carbocycles. The zero-order chi connectivity index (χ0) is 13.2. The smallest absolute Gasteiger partial charge is 0.318 e. The van der Waals surface area contributed by atoms with E-state index in [0.717, 1.165) is 0 Å². The summed E-state index contributed by atoms with van der Waals surface area (Å²) in [6.45, 7) is 1.03. The van der Waals surface area contributed by atoms with Crippen LogP contribution in [-0.4, -0.2) is 51.3 Å². The zero-order valence-electron chi connectivity index (χ0n) is 11.8. The number of carbonyl (C=O) groups is 1. The van der Waals surface area contributed by atoms with Crippen molar-refractivity contribution in [3.05, 3.63) is 0 Å². The zero-order valence-corrected chi connectivity index (χ0v) is 11.8. The minimum Gasteiger partial charge on any atom is -0.468 e. The highest BCUT2D eigenvalue weighted by molar-refractivity contribution is 5.79. The van der Waals surface area contributed by atoms with Crippen molar-refractivity contribution in [3.8, 4) is 0 Å². The summed E-state index contributed by atoms with van der Waals surface area (Å²) >= 11 is 0. The molecule has 2 aliphatic rings. The molecule has 1 aliphatic heterocycles. The van der Waals surface area contributed by atoms with Crippen LogP contribution in [-0.2, 0) is 14.3 Å². The van der Waals surface area contributed by atoms with E-state index in [9.17, 15) is 4.79 Å². The van der Waals surface area contributed by atoms with E-state index in [0.29, 0.717) is 19.1 Å². The molecule has 104 valence electrons. The molecule has 2 rings (SSSR count). The number of rotatable bonds is 4. The van der Waals surface area contributed by atoms with E-state index < -0.39 is 5.41 Å². The molecule has 0 spiro atoms. The van der Waals surface area contributed by atoms with Crippen molar-refractivity contribution in [2.45, 2.75) is 38.1 Å². The summed E-state index contributed by atoms with van der Waals surface area (Å²) in [5.41, 5.74) is -0.430. The van der Waals surface area contributed by atoms with Crippen LogP contribution in [0.1, 0.15) is 32.1 Å². The maximum atomic E-state index is 12.2. The van der Waals surface area contributed by atoms with Gasteiger partial charge in [0.2, 0.25) is 0 Å². The molecule has 1 heterocycles. The Labute approximate surface area is 110 Å². The van der Waals surface area contributed by atoms with E-state index in [-0.39, 0.29) is 12.0 Å². The highest BCUT2D eigenvalue weighted by Crippen LogP contribution is 2.43. The molecule has 0 N–H and O–H groups in total. The summed E-state index contributed by atoms with van der Waals surface area (Å²) < 4.78 is 10.4. The second kappa shape index (κ2) is 5.57. The molecular weight excluding hydrogens is 230 g/mol. The van der Waals surface area contributed by atoms with E-state index in [1.807, 2.05) is 0 Å². The van der Waals surface area contributed by atoms with Crippen LogP contribution in [0.3, 0.4) is 0 Å². The normalized spacial score (nSPS) is 25.6. The molecule has 0 aromatic heterocycles. The van der Waals surface area contributed by atoms with Crippen molar-refractivity contribution < 1.29 is 14.3 Å². The molecule has 1 saturated heterocycles. The molecule has 0 bridgehead atoms. The van der Waals surface area contributed by atoms with Crippen LogP contribution < -0.4 is 0 Å². The number of hydrogen-bond acceptors (Lipinski definition) is 4. The standard InChI is InChI=1S/C14H25NO3/c1-15(2)12(11-7-5-4-6-8-11)14(9-18-10-14)13(16)17-3/h11-12H,4-10H2,1-3H3. The molecule has 1 unspecified atom stereocenters. The van der Waals surface area contributed by atoms with Crippen LogP contribution in [0.15, 0.2) is 0 Å². The van der Waals surface area contributed by atoms with Gasteiger partial charge in [-0.25, -0.2) is 0 Å². The first-order chi connectivity index (χ1) is 8.62. The monoisotopic (exact) mass is 255 g/mol. The first-order valence-corrected chi connectivity index (χ1v) is 6.94. The number of nitrogens with zero attached hydrogens (tertiary/aromatic N) is 1. The van der Waals surface area contributed by atoms with Crippen LogP contribution in [0.4, 0.5) is 0 Å². The third kappa shape index (κ3) is 2.28. The topological polar surface area (TPSA) is 38.8 Å². The van der Waals surface area contributed by atoms with Crippen LogP contribution in [0, 0.1) is 11.3 Å². The fourth-order valence-electron chi connectivity index (χ4n) is 3.75. The lowest BCUT2D eigenvalue weighted by Crippen LogP contribution is -2.63. The van der Waals surface area contributed by atoms with Crippen LogP contribution >= 0.6 is 0 Å². The van der Waals surface area contributed by atoms with Crippen molar-refractivity contribution >= 4 is 5.97 Å². The Kier molecular flexibility index (Phi) is 4.28. The van der Waals surface area contributed by atoms with Crippen molar-refractivity contribution in [2.24, 2.45) is 11.3 Å². The minimum atomic E-state index is -0.430. The lowest BCUT2D eigenvalue weighted by molar-refractivity contribution is -0.202. The Bertz CT molecular complexity index is 293. The van der Waals surface area contributed by atoms with Gasteiger partial charge in [-0.15, -0.1) is 0 Å². The van der Waals surface area contributed by atoms with Gasteiger partial charge in [0, 0.05) is 6.04 Å². The largest absolute Gasteiger partial charge is 0.468 e. The lowest BCUT2D eigenvalue weighted by atomic mass is 9.68. The number of esters is 1. The summed E-state index contributed by atoms with van der Waals surface area (Å²) in [5.74, 6) is 0.495. The molecule has 2 fully saturated rings. The fraction of sp³-hybridized carbons (Fsp3) is 0.929. The first-order valence-electron chi connectivity index (χ1n) is 6.94. The van der Waals surface area contributed by atoms with Gasteiger partial charge in [-0.1, -0.05) is 19.3 Å². The molecule has 0 aromatic carbocycles. The lowest BCUT2D eigenvalue weighted by Gasteiger charge is -2.50. The minimum absolute atomic E-state index is 0.0991. The van der Waals surface area contributed by atoms with E-state index in [4.69, 9.17) is 9.47 Å². The molecule has 18 heavy (non-hydrogen) atoms. The molecule has 0 aromatic rings. The molecule has 1 atom stereocenters. The highest BCUT2D eigenvalue weighted by atomic mass is 16.5. The predicted molar refractivity (Wildman–Crippen MR) is 69.3 cm³/mol. The van der Waals surface area contributed by atoms with Crippen molar-refractivity contribution in [1.29, 1.82) is 0 Å². The molecule has 1 aliphatic carbocycles. The third-order valence-electron chi connectivity index (χ3n) is 4.53. The van der Waals surface area contributed by atoms with E-state index in [2.05, 4.69) is 19.0 Å². The number of hydrogen-bond donors (Lipinski definition) is 0. The van der Waals surface area contributed by atoms with Gasteiger partial charge in [-0.3, -0.25) is 4.79 Å². The van der Waals surface area contributed by atoms with Crippen LogP contribution in [0.25, 0.3) is 0 Å². The summed E-state index contributed by atoms with van der Waals surface area (Å²) in [6, 6.07) is 0.249. The molecule has 0 radical (unpaired) electrons. The SMILES string of the molecule is COC(=O)C1(C(C2CCCCC2)N(C)C)COC1. The Balaban J connectivity index is 2.19. The summed E-state index contributed by atoms with van der Waals surface area (Å²) in [5, 5.41) is 0. The van der Waals surface area contributed by atoms with Gasteiger partial charge >= 0.3 is 5.97 Å². The van der Waals surface area contributed by atoms with Gasteiger partial charge in [0.1, 0.15) is 5.41 Å². The van der Waals surface area contributed by atoms with Crippen LogP contribution in [0.5, 0.6) is 0 Å². The summed E-state index contributed by atoms with van der Waals surface area (Å²) in [4.78, 5) is 14.4. The third-order valence-corrected chi connectivity index (χ3v) is 4.53. The Morgan fingerprint density at radius 3 is 2.28 bits per heavy atom. The second-order valence-corrected chi connectivity index (χ2v) is 5.95. The van der Waals surface area contributed by atoms with Gasteiger partial charge in [0.15, 0.2) is 0 Å². The van der Waals surface area contributed by atoms with E-state index >= 15 is 0 Å². The number of ether oxygens (including phenoxy) is 2. The number of carbonyl (C=O) groups excluding carboxylic acids is 1. The van der Waals surface area contributed by atoms with Gasteiger partial charge < -0.3 is 14.4 Å². The average molecular weight is 255 g/mol. The first kappa shape index (κ1) is 13.8. The highest BCUT2D eigenvalue weighted by Gasteiger charge is 2.56. The maximum Gasteiger partial charge on any atom is 0.318 e. The quantitative estimate of drug-likeness (QED) is 0.717. The summed E-state index contributed by atoms with van der Waals surface area (Å²) in [7, 11) is 5.63.